The Morgan fingerprint density at radius 2 is 1.95 bits per heavy atom. The third-order valence-electron chi connectivity index (χ3n) is 2.59. The Morgan fingerprint density at radius 3 is 2.53 bits per heavy atom. The molecule has 0 radical (unpaired) electrons. The molecule has 4 nitrogen and oxygen atoms in total. The number of methoxy groups -OCH3 is 1. The van der Waals surface area contributed by atoms with Crippen molar-refractivity contribution < 1.29 is 9.53 Å². The summed E-state index contributed by atoms with van der Waals surface area (Å²) in [4.78, 5) is 11.7. The molecular weight excluding hydrogens is 287 g/mol. The first-order valence-electron chi connectivity index (χ1n) is 5.95. The van der Waals surface area contributed by atoms with Crippen molar-refractivity contribution >= 4 is 29.2 Å². The smallest absolute Gasteiger partial charge is 0.315 e. The minimum atomic E-state index is -0.247. The molecule has 0 bridgehead atoms. The largest absolute Gasteiger partial charge is 0.383 e. The summed E-state index contributed by atoms with van der Waals surface area (Å²) < 4.78 is 4.95. The molecule has 6 heteroatoms. The molecule has 1 aromatic rings. The first-order valence-corrected chi connectivity index (χ1v) is 6.70. The molecule has 0 saturated heterocycles. The molecule has 106 valence electrons. The van der Waals surface area contributed by atoms with Crippen molar-refractivity contribution in [2.24, 2.45) is 0 Å². The molecule has 0 spiro atoms. The average Bonchev–Trinajstić information content (AvgIpc) is 2.32. The number of hydrogen-bond acceptors (Lipinski definition) is 2. The Balaban J connectivity index is 2.56. The van der Waals surface area contributed by atoms with Crippen LogP contribution in [0.1, 0.15) is 25.5 Å². The van der Waals surface area contributed by atoms with E-state index in [0.717, 1.165) is 5.56 Å². The number of benzene rings is 1. The Bertz CT molecular complexity index is 441. The van der Waals surface area contributed by atoms with Crippen molar-refractivity contribution in [1.82, 2.24) is 10.6 Å². The minimum Gasteiger partial charge on any atom is -0.383 e. The lowest BCUT2D eigenvalue weighted by Crippen LogP contribution is -2.43. The van der Waals surface area contributed by atoms with Gasteiger partial charge in [0, 0.05) is 7.11 Å². The van der Waals surface area contributed by atoms with E-state index in [4.69, 9.17) is 27.9 Å². The second-order valence-electron chi connectivity index (χ2n) is 4.37. The molecule has 0 saturated carbocycles. The van der Waals surface area contributed by atoms with E-state index >= 15 is 0 Å². The van der Waals surface area contributed by atoms with Crippen molar-refractivity contribution in [1.29, 1.82) is 0 Å². The summed E-state index contributed by atoms with van der Waals surface area (Å²) in [5.74, 6) is 0. The van der Waals surface area contributed by atoms with Crippen LogP contribution in [0.25, 0.3) is 0 Å². The zero-order valence-corrected chi connectivity index (χ0v) is 12.7. The van der Waals surface area contributed by atoms with Crippen LogP contribution in [-0.2, 0) is 4.74 Å². The van der Waals surface area contributed by atoms with Crippen LogP contribution in [0, 0.1) is 0 Å². The first kappa shape index (κ1) is 16.1. The normalized spacial score (nSPS) is 13.7. The van der Waals surface area contributed by atoms with Gasteiger partial charge in [-0.1, -0.05) is 29.3 Å². The molecule has 2 atom stereocenters. The van der Waals surface area contributed by atoms with E-state index in [-0.39, 0.29) is 18.1 Å². The summed E-state index contributed by atoms with van der Waals surface area (Å²) in [6.07, 6.45) is 0. The van der Waals surface area contributed by atoms with Crippen LogP contribution in [-0.4, -0.2) is 25.8 Å². The summed E-state index contributed by atoms with van der Waals surface area (Å²) in [6.45, 7) is 4.21. The number of rotatable bonds is 5. The van der Waals surface area contributed by atoms with Crippen LogP contribution in [0.15, 0.2) is 18.2 Å². The third kappa shape index (κ3) is 5.27. The molecule has 0 aliphatic rings. The molecule has 0 aliphatic heterocycles. The molecule has 1 aromatic carbocycles. The summed E-state index contributed by atoms with van der Waals surface area (Å²) in [5.41, 5.74) is 0.893. The molecule has 1 rings (SSSR count). The molecule has 2 N–H and O–H groups in total. The first-order chi connectivity index (χ1) is 8.93. The number of halogens is 2. The second-order valence-corrected chi connectivity index (χ2v) is 5.18. The van der Waals surface area contributed by atoms with Crippen LogP contribution >= 0.6 is 23.2 Å². The summed E-state index contributed by atoms with van der Waals surface area (Å²) in [5, 5.41) is 6.57. The van der Waals surface area contributed by atoms with Gasteiger partial charge in [0.1, 0.15) is 0 Å². The summed E-state index contributed by atoms with van der Waals surface area (Å²) in [6, 6.07) is 4.83. The highest BCUT2D eigenvalue weighted by molar-refractivity contribution is 6.42. The maximum atomic E-state index is 11.7. The number of carbonyl (C=O) groups is 1. The molecule has 0 fully saturated rings. The van der Waals surface area contributed by atoms with Gasteiger partial charge in [-0.15, -0.1) is 0 Å². The monoisotopic (exact) mass is 304 g/mol. The van der Waals surface area contributed by atoms with Gasteiger partial charge in [0.25, 0.3) is 0 Å². The third-order valence-corrected chi connectivity index (χ3v) is 3.32. The lowest BCUT2D eigenvalue weighted by atomic mass is 10.1. The van der Waals surface area contributed by atoms with Crippen LogP contribution in [0.5, 0.6) is 0 Å². The Hall–Kier alpha value is -0.970. The fraction of sp³-hybridized carbons (Fsp3) is 0.462. The molecule has 19 heavy (non-hydrogen) atoms. The van der Waals surface area contributed by atoms with Gasteiger partial charge >= 0.3 is 6.03 Å². The summed E-state index contributed by atoms with van der Waals surface area (Å²) in [7, 11) is 1.59. The topological polar surface area (TPSA) is 50.4 Å². The molecule has 0 heterocycles. The van der Waals surface area contributed by atoms with Gasteiger partial charge in [-0.2, -0.15) is 0 Å². The number of amides is 2. The zero-order valence-electron chi connectivity index (χ0n) is 11.2. The molecule has 0 aliphatic carbocycles. The van der Waals surface area contributed by atoms with Gasteiger partial charge in [-0.05, 0) is 31.5 Å². The van der Waals surface area contributed by atoms with Gasteiger partial charge in [-0.25, -0.2) is 4.79 Å². The van der Waals surface area contributed by atoms with Crippen molar-refractivity contribution in [2.75, 3.05) is 13.7 Å². The van der Waals surface area contributed by atoms with E-state index in [9.17, 15) is 4.79 Å². The highest BCUT2D eigenvalue weighted by Crippen LogP contribution is 2.25. The van der Waals surface area contributed by atoms with E-state index in [1.165, 1.54) is 0 Å². The van der Waals surface area contributed by atoms with E-state index in [1.54, 1.807) is 19.2 Å². The zero-order chi connectivity index (χ0) is 14.4. The van der Waals surface area contributed by atoms with E-state index < -0.39 is 0 Å². The number of carbonyl (C=O) groups excluding carboxylic acids is 1. The van der Waals surface area contributed by atoms with E-state index in [0.29, 0.717) is 16.7 Å². The molecule has 0 aromatic heterocycles. The Labute approximate surface area is 123 Å². The maximum Gasteiger partial charge on any atom is 0.315 e. The molecule has 2 amide bonds. The van der Waals surface area contributed by atoms with Crippen LogP contribution < -0.4 is 10.6 Å². The predicted octanol–water partition coefficient (Wildman–Crippen LogP) is 3.39. The van der Waals surface area contributed by atoms with E-state index in [1.807, 2.05) is 19.9 Å². The lowest BCUT2D eigenvalue weighted by molar-refractivity contribution is 0.170. The average molecular weight is 305 g/mol. The highest BCUT2D eigenvalue weighted by atomic mass is 35.5. The lowest BCUT2D eigenvalue weighted by Gasteiger charge is -2.18. The van der Waals surface area contributed by atoms with Gasteiger partial charge in [0.15, 0.2) is 0 Å². The van der Waals surface area contributed by atoms with Gasteiger partial charge in [0.2, 0.25) is 0 Å². The predicted molar refractivity (Wildman–Crippen MR) is 77.9 cm³/mol. The minimum absolute atomic E-state index is 0.0500. The summed E-state index contributed by atoms with van der Waals surface area (Å²) >= 11 is 11.8. The van der Waals surface area contributed by atoms with Crippen molar-refractivity contribution in [3.63, 3.8) is 0 Å². The van der Waals surface area contributed by atoms with Gasteiger partial charge in [-0.3, -0.25) is 0 Å². The number of hydrogen-bond donors (Lipinski definition) is 2. The Morgan fingerprint density at radius 1 is 1.26 bits per heavy atom. The Kier molecular flexibility index (Phi) is 6.42. The quantitative estimate of drug-likeness (QED) is 0.876. The molecule has 2 unspecified atom stereocenters. The highest BCUT2D eigenvalue weighted by Gasteiger charge is 2.12. The van der Waals surface area contributed by atoms with Gasteiger partial charge in [0.05, 0.1) is 28.7 Å². The number of urea groups is 1. The molecular formula is C13H18Cl2N2O2. The van der Waals surface area contributed by atoms with Crippen molar-refractivity contribution in [3.8, 4) is 0 Å². The number of nitrogens with one attached hydrogen (secondary N) is 2. The van der Waals surface area contributed by atoms with E-state index in [2.05, 4.69) is 10.6 Å². The van der Waals surface area contributed by atoms with Crippen LogP contribution in [0.4, 0.5) is 4.79 Å². The van der Waals surface area contributed by atoms with Crippen LogP contribution in [0.3, 0.4) is 0 Å². The van der Waals surface area contributed by atoms with Gasteiger partial charge < -0.3 is 15.4 Å². The second kappa shape index (κ2) is 7.58. The van der Waals surface area contributed by atoms with Crippen LogP contribution in [0.2, 0.25) is 10.0 Å². The van der Waals surface area contributed by atoms with Crippen molar-refractivity contribution in [2.45, 2.75) is 25.9 Å². The number of ether oxygens (including phenoxy) is 1. The SMILES string of the molecule is COCC(C)NC(=O)NC(C)c1ccc(Cl)c(Cl)c1. The standard InChI is InChI=1S/C13H18Cl2N2O2/c1-8(7-19-3)16-13(18)17-9(2)10-4-5-11(14)12(15)6-10/h4-6,8-9H,7H2,1-3H3,(H2,16,17,18). The maximum absolute atomic E-state index is 11.7. The fourth-order valence-electron chi connectivity index (χ4n) is 1.62. The van der Waals surface area contributed by atoms with Crippen molar-refractivity contribution in [3.05, 3.63) is 33.8 Å². The fourth-order valence-corrected chi connectivity index (χ4v) is 1.93.